The molecule has 0 aliphatic heterocycles. The maximum atomic E-state index is 5.48. The van der Waals surface area contributed by atoms with Crippen LogP contribution in [0.25, 0.3) is 16.9 Å². The average Bonchev–Trinajstić information content (AvgIpc) is 3.27. The number of aromatic nitrogens is 2. The van der Waals surface area contributed by atoms with Crippen molar-refractivity contribution < 1.29 is 9.47 Å². The number of hydrogen-bond acceptors (Lipinski definition) is 5. The van der Waals surface area contributed by atoms with Gasteiger partial charge in [0.2, 0.25) is 0 Å². The van der Waals surface area contributed by atoms with Gasteiger partial charge in [0.1, 0.15) is 5.69 Å². The van der Waals surface area contributed by atoms with Crippen LogP contribution in [-0.2, 0) is 0 Å². The summed E-state index contributed by atoms with van der Waals surface area (Å²) in [4.78, 5) is 0. The van der Waals surface area contributed by atoms with E-state index in [1.807, 2.05) is 66.5 Å². The summed E-state index contributed by atoms with van der Waals surface area (Å²) >= 11 is 5.42. The number of unbranched alkanes of at least 4 members (excludes halogenated alkanes) is 1. The van der Waals surface area contributed by atoms with Crippen LogP contribution >= 0.6 is 12.2 Å². The van der Waals surface area contributed by atoms with Gasteiger partial charge < -0.3 is 14.8 Å². The Morgan fingerprint density at radius 3 is 2.59 bits per heavy atom. The predicted octanol–water partition coefficient (Wildman–Crippen LogP) is 4.50. The lowest BCUT2D eigenvalue weighted by Crippen LogP contribution is -2.34. The van der Waals surface area contributed by atoms with Gasteiger partial charge in [-0.2, -0.15) is 10.2 Å². The molecule has 0 fully saturated rings. The lowest BCUT2D eigenvalue weighted by Gasteiger charge is -2.15. The number of thiocarbonyl (C=S) groups is 1. The number of ether oxygens (including phenoxy) is 2. The smallest absolute Gasteiger partial charge is 0.189 e. The van der Waals surface area contributed by atoms with Gasteiger partial charge in [-0.05, 0) is 49.0 Å². The second-order valence-corrected chi connectivity index (χ2v) is 7.52. The van der Waals surface area contributed by atoms with E-state index in [0.29, 0.717) is 16.6 Å². The van der Waals surface area contributed by atoms with Crippen LogP contribution < -0.4 is 14.8 Å². The Morgan fingerprint density at radius 1 is 1.16 bits per heavy atom. The highest BCUT2D eigenvalue weighted by Crippen LogP contribution is 2.33. The van der Waals surface area contributed by atoms with Crippen LogP contribution in [0.2, 0.25) is 0 Å². The van der Waals surface area contributed by atoms with Crippen molar-refractivity contribution in [3.8, 4) is 28.4 Å². The molecule has 32 heavy (non-hydrogen) atoms. The molecule has 0 aliphatic carbocycles. The SMILES string of the molecule is CCCCNC(=S)N(C)/N=C/c1cn(-c2ccccc2)nc1-c1ccc(OC)c(OC)c1. The van der Waals surface area contributed by atoms with E-state index in [2.05, 4.69) is 17.3 Å². The van der Waals surface area contributed by atoms with Crippen LogP contribution in [0.3, 0.4) is 0 Å². The van der Waals surface area contributed by atoms with E-state index in [4.69, 9.17) is 26.8 Å². The van der Waals surface area contributed by atoms with Crippen molar-refractivity contribution >= 4 is 23.5 Å². The number of nitrogens with zero attached hydrogens (tertiary/aromatic N) is 4. The summed E-state index contributed by atoms with van der Waals surface area (Å²) in [5, 5.41) is 14.8. The molecule has 0 amide bonds. The summed E-state index contributed by atoms with van der Waals surface area (Å²) < 4.78 is 12.7. The van der Waals surface area contributed by atoms with Crippen LogP contribution in [0.5, 0.6) is 11.5 Å². The van der Waals surface area contributed by atoms with E-state index in [-0.39, 0.29) is 0 Å². The van der Waals surface area contributed by atoms with Crippen molar-refractivity contribution in [2.24, 2.45) is 5.10 Å². The maximum absolute atomic E-state index is 5.48. The highest BCUT2D eigenvalue weighted by atomic mass is 32.1. The fourth-order valence-corrected chi connectivity index (χ4v) is 3.24. The zero-order chi connectivity index (χ0) is 22.9. The molecule has 0 unspecified atom stereocenters. The highest BCUT2D eigenvalue weighted by molar-refractivity contribution is 7.80. The van der Waals surface area contributed by atoms with E-state index in [1.54, 1.807) is 25.4 Å². The quantitative estimate of drug-likeness (QED) is 0.224. The molecule has 3 aromatic rings. The number of rotatable bonds is 9. The third kappa shape index (κ3) is 5.64. The fourth-order valence-electron chi connectivity index (χ4n) is 3.09. The van der Waals surface area contributed by atoms with Crippen molar-refractivity contribution in [2.75, 3.05) is 27.8 Å². The van der Waals surface area contributed by atoms with Crippen LogP contribution in [0.1, 0.15) is 25.3 Å². The number of benzene rings is 2. The number of hydrogen-bond donors (Lipinski definition) is 1. The molecule has 7 nitrogen and oxygen atoms in total. The van der Waals surface area contributed by atoms with E-state index in [1.165, 1.54) is 0 Å². The molecule has 0 bridgehead atoms. The number of methoxy groups -OCH3 is 2. The first-order valence-electron chi connectivity index (χ1n) is 10.5. The van der Waals surface area contributed by atoms with Gasteiger partial charge >= 0.3 is 0 Å². The number of hydrazone groups is 1. The van der Waals surface area contributed by atoms with Crippen molar-refractivity contribution in [3.05, 3.63) is 60.3 Å². The van der Waals surface area contributed by atoms with Crippen molar-refractivity contribution in [1.82, 2.24) is 20.1 Å². The molecule has 0 aliphatic rings. The average molecular weight is 452 g/mol. The third-order valence-electron chi connectivity index (χ3n) is 4.89. The molecule has 168 valence electrons. The second-order valence-electron chi connectivity index (χ2n) is 7.14. The molecule has 0 saturated carbocycles. The third-order valence-corrected chi connectivity index (χ3v) is 5.30. The lowest BCUT2D eigenvalue weighted by atomic mass is 10.1. The zero-order valence-corrected chi connectivity index (χ0v) is 19.7. The van der Waals surface area contributed by atoms with Crippen LogP contribution in [-0.4, -0.2) is 53.9 Å². The first-order chi connectivity index (χ1) is 15.6. The molecule has 0 atom stereocenters. The topological polar surface area (TPSA) is 63.9 Å². The molecule has 0 saturated heterocycles. The van der Waals surface area contributed by atoms with Gasteiger partial charge in [0.25, 0.3) is 0 Å². The second kappa shape index (κ2) is 11.3. The molecule has 2 aromatic carbocycles. The minimum atomic E-state index is 0.581. The van der Waals surface area contributed by atoms with Gasteiger partial charge in [-0.25, -0.2) is 9.69 Å². The maximum Gasteiger partial charge on any atom is 0.189 e. The fraction of sp³-hybridized carbons (Fsp3) is 0.292. The van der Waals surface area contributed by atoms with Crippen molar-refractivity contribution in [2.45, 2.75) is 19.8 Å². The van der Waals surface area contributed by atoms with Crippen molar-refractivity contribution in [3.63, 3.8) is 0 Å². The van der Waals surface area contributed by atoms with E-state index in [9.17, 15) is 0 Å². The molecule has 1 aromatic heterocycles. The summed E-state index contributed by atoms with van der Waals surface area (Å²) in [6, 6.07) is 15.7. The summed E-state index contributed by atoms with van der Waals surface area (Å²) in [6.07, 6.45) is 5.89. The molecular weight excluding hydrogens is 422 g/mol. The van der Waals surface area contributed by atoms with E-state index in [0.717, 1.165) is 41.9 Å². The first kappa shape index (κ1) is 23.3. The largest absolute Gasteiger partial charge is 0.493 e. The van der Waals surface area contributed by atoms with Gasteiger partial charge in [0, 0.05) is 30.9 Å². The summed E-state index contributed by atoms with van der Waals surface area (Å²) in [5.41, 5.74) is 3.48. The van der Waals surface area contributed by atoms with Gasteiger partial charge in [0.05, 0.1) is 26.1 Å². The molecule has 0 radical (unpaired) electrons. The summed E-state index contributed by atoms with van der Waals surface area (Å²) in [6.45, 7) is 2.98. The molecule has 8 heteroatoms. The minimum Gasteiger partial charge on any atom is -0.493 e. The van der Waals surface area contributed by atoms with Gasteiger partial charge in [-0.15, -0.1) is 0 Å². The Morgan fingerprint density at radius 2 is 1.91 bits per heavy atom. The highest BCUT2D eigenvalue weighted by Gasteiger charge is 2.14. The Balaban J connectivity index is 1.95. The Hall–Kier alpha value is -3.39. The molecule has 3 rings (SSSR count). The van der Waals surface area contributed by atoms with Gasteiger partial charge in [0.15, 0.2) is 16.6 Å². The van der Waals surface area contributed by atoms with E-state index < -0.39 is 0 Å². The van der Waals surface area contributed by atoms with Crippen LogP contribution in [0.4, 0.5) is 0 Å². The summed E-state index contributed by atoms with van der Waals surface area (Å²) in [7, 11) is 5.07. The lowest BCUT2D eigenvalue weighted by molar-refractivity contribution is 0.355. The normalized spacial score (nSPS) is 10.9. The Bertz CT molecular complexity index is 1070. The van der Waals surface area contributed by atoms with Crippen LogP contribution in [0, 0.1) is 0 Å². The Kier molecular flexibility index (Phi) is 8.21. The predicted molar refractivity (Wildman–Crippen MR) is 133 cm³/mol. The molecule has 1 N–H and O–H groups in total. The molecule has 0 spiro atoms. The zero-order valence-electron chi connectivity index (χ0n) is 18.9. The number of nitrogens with one attached hydrogen (secondary N) is 1. The minimum absolute atomic E-state index is 0.581. The van der Waals surface area contributed by atoms with Gasteiger partial charge in [-0.1, -0.05) is 31.5 Å². The standard InChI is InChI=1S/C24H29N5O2S/c1-5-6-14-25-24(32)28(2)26-16-19-17-29(20-10-8-7-9-11-20)27-23(19)18-12-13-21(30-3)22(15-18)31-4/h7-13,15-17H,5-6,14H2,1-4H3,(H,25,32)/b26-16+. The monoisotopic (exact) mass is 451 g/mol. The number of para-hydroxylation sites is 1. The first-order valence-corrected chi connectivity index (χ1v) is 10.9. The molecule has 1 heterocycles. The molecular formula is C24H29N5O2S. The summed E-state index contributed by atoms with van der Waals surface area (Å²) in [5.74, 6) is 1.30. The van der Waals surface area contributed by atoms with Crippen molar-refractivity contribution in [1.29, 1.82) is 0 Å². The van der Waals surface area contributed by atoms with Crippen LogP contribution in [0.15, 0.2) is 59.8 Å². The van der Waals surface area contributed by atoms with Gasteiger partial charge in [-0.3, -0.25) is 0 Å². The van der Waals surface area contributed by atoms with E-state index >= 15 is 0 Å². The Labute approximate surface area is 194 Å².